The van der Waals surface area contributed by atoms with Crippen LogP contribution in [0.2, 0.25) is 0 Å². The minimum atomic E-state index is -0.235. The Morgan fingerprint density at radius 3 is 2.31 bits per heavy atom. The molecule has 3 aromatic carbocycles. The number of amides is 2. The number of carbonyl (C=O) groups is 2. The van der Waals surface area contributed by atoms with Gasteiger partial charge in [0.25, 0.3) is 11.8 Å². The van der Waals surface area contributed by atoms with Crippen LogP contribution in [-0.2, 0) is 11.3 Å². The summed E-state index contributed by atoms with van der Waals surface area (Å²) in [5, 5.41) is 5.72. The molecule has 2 N–H and O–H groups in total. The van der Waals surface area contributed by atoms with E-state index in [1.807, 2.05) is 62.4 Å². The molecule has 0 aromatic heterocycles. The third kappa shape index (κ3) is 5.94. The average molecular weight is 388 g/mol. The molecule has 0 aliphatic carbocycles. The maximum absolute atomic E-state index is 12.2. The smallest absolute Gasteiger partial charge is 0.262 e. The van der Waals surface area contributed by atoms with Gasteiger partial charge in [0, 0.05) is 17.8 Å². The third-order valence-electron chi connectivity index (χ3n) is 4.44. The molecule has 148 valence electrons. The number of hydrogen-bond acceptors (Lipinski definition) is 3. The summed E-state index contributed by atoms with van der Waals surface area (Å²) < 4.78 is 5.52. The highest BCUT2D eigenvalue weighted by molar-refractivity contribution is 5.94. The maximum atomic E-state index is 12.2. The molecule has 29 heavy (non-hydrogen) atoms. The Labute approximate surface area is 170 Å². The van der Waals surface area contributed by atoms with Crippen LogP contribution in [0.25, 0.3) is 0 Å². The number of nitrogens with one attached hydrogen (secondary N) is 2. The predicted octanol–water partition coefficient (Wildman–Crippen LogP) is 4.25. The van der Waals surface area contributed by atoms with Gasteiger partial charge in [0.05, 0.1) is 0 Å². The molecular formula is C24H24N2O3. The van der Waals surface area contributed by atoms with Crippen molar-refractivity contribution in [1.82, 2.24) is 5.32 Å². The largest absolute Gasteiger partial charge is 0.484 e. The minimum Gasteiger partial charge on any atom is -0.484 e. The normalized spacial score (nSPS) is 10.3. The van der Waals surface area contributed by atoms with Gasteiger partial charge in [0.2, 0.25) is 0 Å². The van der Waals surface area contributed by atoms with E-state index in [-0.39, 0.29) is 18.4 Å². The lowest BCUT2D eigenvalue weighted by Crippen LogP contribution is -2.23. The number of benzene rings is 3. The topological polar surface area (TPSA) is 67.4 Å². The lowest BCUT2D eigenvalue weighted by Gasteiger charge is -2.11. The maximum Gasteiger partial charge on any atom is 0.262 e. The number of aryl methyl sites for hydroxylation is 2. The number of carbonyl (C=O) groups excluding carboxylic acids is 2. The molecule has 3 aromatic rings. The quantitative estimate of drug-likeness (QED) is 0.636. The number of anilines is 1. The molecule has 0 aliphatic rings. The molecule has 0 heterocycles. The van der Waals surface area contributed by atoms with Crippen LogP contribution in [-0.4, -0.2) is 18.4 Å². The molecule has 2 amide bonds. The van der Waals surface area contributed by atoms with Gasteiger partial charge >= 0.3 is 0 Å². The first-order valence-electron chi connectivity index (χ1n) is 9.43. The Morgan fingerprint density at radius 1 is 0.897 bits per heavy atom. The van der Waals surface area contributed by atoms with Crippen molar-refractivity contribution in [2.45, 2.75) is 20.4 Å². The highest BCUT2D eigenvalue weighted by atomic mass is 16.5. The fraction of sp³-hybridized carbons (Fsp3) is 0.167. The van der Waals surface area contributed by atoms with Crippen molar-refractivity contribution in [2.24, 2.45) is 0 Å². The SMILES string of the molecule is Cc1ccc(NC(=O)COc2ccc(C(=O)NCc3ccccc3)cc2)c(C)c1. The lowest BCUT2D eigenvalue weighted by atomic mass is 10.1. The van der Waals surface area contributed by atoms with Crippen molar-refractivity contribution in [1.29, 1.82) is 0 Å². The van der Waals surface area contributed by atoms with Crippen molar-refractivity contribution >= 4 is 17.5 Å². The first kappa shape index (κ1) is 20.1. The Kier molecular flexibility index (Phi) is 6.63. The van der Waals surface area contributed by atoms with Crippen LogP contribution in [0, 0.1) is 13.8 Å². The zero-order valence-corrected chi connectivity index (χ0v) is 16.6. The second-order valence-electron chi connectivity index (χ2n) is 6.85. The Hall–Kier alpha value is -3.60. The summed E-state index contributed by atoms with van der Waals surface area (Å²) in [7, 11) is 0. The average Bonchev–Trinajstić information content (AvgIpc) is 2.73. The molecular weight excluding hydrogens is 364 g/mol. The van der Waals surface area contributed by atoms with Gasteiger partial charge < -0.3 is 15.4 Å². The Morgan fingerprint density at radius 2 is 1.62 bits per heavy atom. The molecule has 0 fully saturated rings. The molecule has 5 nitrogen and oxygen atoms in total. The van der Waals surface area contributed by atoms with Crippen LogP contribution >= 0.6 is 0 Å². The molecule has 0 saturated carbocycles. The van der Waals surface area contributed by atoms with Crippen LogP contribution in [0.4, 0.5) is 5.69 Å². The van der Waals surface area contributed by atoms with E-state index in [0.717, 1.165) is 22.4 Å². The first-order chi connectivity index (χ1) is 14.0. The number of ether oxygens (including phenoxy) is 1. The molecule has 0 bridgehead atoms. The third-order valence-corrected chi connectivity index (χ3v) is 4.44. The fourth-order valence-corrected chi connectivity index (χ4v) is 2.87. The van der Waals surface area contributed by atoms with Gasteiger partial charge in [-0.15, -0.1) is 0 Å². The van der Waals surface area contributed by atoms with E-state index < -0.39 is 0 Å². The molecule has 0 aliphatic heterocycles. The Balaban J connectivity index is 1.48. The van der Waals surface area contributed by atoms with E-state index in [0.29, 0.717) is 17.9 Å². The van der Waals surface area contributed by atoms with Gasteiger partial charge in [-0.25, -0.2) is 0 Å². The van der Waals surface area contributed by atoms with Gasteiger partial charge in [-0.3, -0.25) is 9.59 Å². The summed E-state index contributed by atoms with van der Waals surface area (Å²) >= 11 is 0. The van der Waals surface area contributed by atoms with Gasteiger partial charge in [-0.05, 0) is 55.3 Å². The summed E-state index contributed by atoms with van der Waals surface area (Å²) in [5.74, 6) is 0.134. The van der Waals surface area contributed by atoms with E-state index in [9.17, 15) is 9.59 Å². The number of hydrogen-bond donors (Lipinski definition) is 2. The van der Waals surface area contributed by atoms with E-state index in [4.69, 9.17) is 4.74 Å². The highest BCUT2D eigenvalue weighted by Crippen LogP contribution is 2.16. The van der Waals surface area contributed by atoms with E-state index in [2.05, 4.69) is 10.6 Å². The van der Waals surface area contributed by atoms with Crippen molar-refractivity contribution in [3.63, 3.8) is 0 Å². The van der Waals surface area contributed by atoms with Gasteiger partial charge in [0.15, 0.2) is 6.61 Å². The van der Waals surface area contributed by atoms with Crippen molar-refractivity contribution < 1.29 is 14.3 Å². The van der Waals surface area contributed by atoms with Crippen molar-refractivity contribution in [3.8, 4) is 5.75 Å². The summed E-state index contributed by atoms with van der Waals surface area (Å²) in [5.41, 5.74) is 4.49. The second-order valence-corrected chi connectivity index (χ2v) is 6.85. The second kappa shape index (κ2) is 9.55. The summed E-state index contributed by atoms with van der Waals surface area (Å²) in [4.78, 5) is 24.4. The van der Waals surface area contributed by atoms with E-state index in [1.165, 1.54) is 0 Å². The predicted molar refractivity (Wildman–Crippen MR) is 114 cm³/mol. The molecule has 0 spiro atoms. The molecule has 0 saturated heterocycles. The molecule has 0 unspecified atom stereocenters. The lowest BCUT2D eigenvalue weighted by molar-refractivity contribution is -0.118. The van der Waals surface area contributed by atoms with Crippen LogP contribution < -0.4 is 15.4 Å². The van der Waals surface area contributed by atoms with Crippen LogP contribution in [0.3, 0.4) is 0 Å². The zero-order valence-electron chi connectivity index (χ0n) is 16.6. The van der Waals surface area contributed by atoms with E-state index >= 15 is 0 Å². The van der Waals surface area contributed by atoms with Gasteiger partial charge in [-0.2, -0.15) is 0 Å². The number of rotatable bonds is 7. The Bertz CT molecular complexity index is 983. The summed E-state index contributed by atoms with van der Waals surface area (Å²) in [6.45, 7) is 4.32. The van der Waals surface area contributed by atoms with Crippen molar-refractivity contribution in [2.75, 3.05) is 11.9 Å². The van der Waals surface area contributed by atoms with Crippen LogP contribution in [0.1, 0.15) is 27.0 Å². The zero-order chi connectivity index (χ0) is 20.6. The minimum absolute atomic E-state index is 0.104. The fourth-order valence-electron chi connectivity index (χ4n) is 2.87. The molecule has 0 radical (unpaired) electrons. The first-order valence-corrected chi connectivity index (χ1v) is 9.43. The standard InChI is InChI=1S/C24H24N2O3/c1-17-8-13-22(18(2)14-17)26-23(27)16-29-21-11-9-20(10-12-21)24(28)25-15-19-6-4-3-5-7-19/h3-14H,15-16H2,1-2H3,(H,25,28)(H,26,27). The summed E-state index contributed by atoms with van der Waals surface area (Å²) in [6.07, 6.45) is 0. The van der Waals surface area contributed by atoms with E-state index in [1.54, 1.807) is 24.3 Å². The van der Waals surface area contributed by atoms with Crippen LogP contribution in [0.15, 0.2) is 72.8 Å². The molecule has 3 rings (SSSR count). The van der Waals surface area contributed by atoms with Crippen molar-refractivity contribution in [3.05, 3.63) is 95.1 Å². The monoisotopic (exact) mass is 388 g/mol. The molecule has 0 atom stereocenters. The van der Waals surface area contributed by atoms with Crippen LogP contribution in [0.5, 0.6) is 5.75 Å². The van der Waals surface area contributed by atoms with Gasteiger partial charge in [-0.1, -0.05) is 48.0 Å². The highest BCUT2D eigenvalue weighted by Gasteiger charge is 2.08. The van der Waals surface area contributed by atoms with Gasteiger partial charge in [0.1, 0.15) is 5.75 Å². The summed E-state index contributed by atoms with van der Waals surface area (Å²) in [6, 6.07) is 22.3. The molecule has 5 heteroatoms.